The van der Waals surface area contributed by atoms with Gasteiger partial charge in [0.1, 0.15) is 4.99 Å². The molecule has 0 spiro atoms. The highest BCUT2D eigenvalue weighted by atomic mass is 32.1. The number of aromatic nitrogens is 1. The van der Waals surface area contributed by atoms with Gasteiger partial charge in [-0.3, -0.25) is 4.98 Å². The molecule has 4 nitrogen and oxygen atoms in total. The maximum absolute atomic E-state index is 5.51. The molecule has 0 aliphatic heterocycles. The van der Waals surface area contributed by atoms with Crippen molar-refractivity contribution in [3.63, 3.8) is 0 Å². The number of nitrogens with zero attached hydrogens (tertiary/aromatic N) is 1. The summed E-state index contributed by atoms with van der Waals surface area (Å²) in [7, 11) is 0. The highest BCUT2D eigenvalue weighted by Gasteiger charge is 1.99. The van der Waals surface area contributed by atoms with Crippen molar-refractivity contribution in [1.29, 1.82) is 0 Å². The van der Waals surface area contributed by atoms with Gasteiger partial charge in [0.2, 0.25) is 0 Å². The number of anilines is 1. The van der Waals surface area contributed by atoms with E-state index >= 15 is 0 Å². The highest BCUT2D eigenvalue weighted by molar-refractivity contribution is 7.80. The van der Waals surface area contributed by atoms with Crippen molar-refractivity contribution in [1.82, 2.24) is 4.98 Å². The topological polar surface area (TPSA) is 60.2 Å². The largest absolute Gasteiger partial charge is 0.388 e. The van der Waals surface area contributed by atoms with Crippen LogP contribution in [0.2, 0.25) is 0 Å². The second-order valence-corrected chi connectivity index (χ2v) is 4.63. The predicted molar refractivity (Wildman–Crippen MR) is 74.3 cm³/mol. The van der Waals surface area contributed by atoms with Crippen molar-refractivity contribution in [2.75, 3.05) is 25.1 Å². The van der Waals surface area contributed by atoms with Crippen molar-refractivity contribution in [3.05, 3.63) is 24.0 Å². The molecule has 0 atom stereocenters. The summed E-state index contributed by atoms with van der Waals surface area (Å²) in [5.74, 6) is 0.567. The van der Waals surface area contributed by atoms with Gasteiger partial charge in [0.05, 0.1) is 12.3 Å². The first-order chi connectivity index (χ1) is 8.09. The number of hydrogen-bond acceptors (Lipinski definition) is 4. The Balaban J connectivity index is 2.31. The third-order valence-electron chi connectivity index (χ3n) is 2.04. The molecule has 0 aliphatic carbocycles. The average Bonchev–Trinajstić information content (AvgIpc) is 2.28. The molecule has 1 heterocycles. The van der Waals surface area contributed by atoms with Crippen LogP contribution in [0.3, 0.4) is 0 Å². The second kappa shape index (κ2) is 7.19. The molecule has 0 saturated heterocycles. The second-order valence-electron chi connectivity index (χ2n) is 4.19. The van der Waals surface area contributed by atoms with E-state index in [1.54, 1.807) is 6.20 Å². The van der Waals surface area contributed by atoms with Gasteiger partial charge in [0.15, 0.2) is 0 Å². The Morgan fingerprint density at radius 3 is 3.00 bits per heavy atom. The fourth-order valence-electron chi connectivity index (χ4n) is 1.26. The van der Waals surface area contributed by atoms with E-state index in [4.69, 9.17) is 22.7 Å². The minimum Gasteiger partial charge on any atom is -0.388 e. The summed E-state index contributed by atoms with van der Waals surface area (Å²) in [6.45, 7) is 6.49. The summed E-state index contributed by atoms with van der Waals surface area (Å²) in [5, 5.41) is 3.23. The SMILES string of the molecule is CC(C)COCCNc1ccnc(C(N)=S)c1. The standard InChI is InChI=1S/C12H19N3OS/c1-9(2)8-16-6-5-14-10-3-4-15-11(7-10)12(13)17/h3-4,7,9H,5-6,8H2,1-2H3,(H2,13,17)(H,14,15). The molecular formula is C12H19N3OS. The van der Waals surface area contributed by atoms with Crippen LogP contribution in [0.4, 0.5) is 5.69 Å². The van der Waals surface area contributed by atoms with Crippen molar-refractivity contribution in [2.45, 2.75) is 13.8 Å². The quantitative estimate of drug-likeness (QED) is 0.573. The summed E-state index contributed by atoms with van der Waals surface area (Å²) in [5.41, 5.74) is 7.10. The first-order valence-electron chi connectivity index (χ1n) is 5.67. The lowest BCUT2D eigenvalue weighted by atomic mass is 10.2. The Labute approximate surface area is 108 Å². The van der Waals surface area contributed by atoms with Crippen LogP contribution in [0.1, 0.15) is 19.5 Å². The van der Waals surface area contributed by atoms with Gasteiger partial charge in [-0.25, -0.2) is 0 Å². The molecular weight excluding hydrogens is 234 g/mol. The number of rotatable bonds is 7. The number of ether oxygens (including phenoxy) is 1. The summed E-state index contributed by atoms with van der Waals surface area (Å²) in [4.78, 5) is 4.38. The zero-order valence-corrected chi connectivity index (χ0v) is 11.1. The number of thiocarbonyl (C=S) groups is 1. The molecule has 0 bridgehead atoms. The molecule has 0 aromatic carbocycles. The van der Waals surface area contributed by atoms with E-state index < -0.39 is 0 Å². The van der Waals surface area contributed by atoms with Crippen molar-refractivity contribution < 1.29 is 4.74 Å². The molecule has 1 aromatic rings. The smallest absolute Gasteiger partial charge is 0.122 e. The van der Waals surface area contributed by atoms with Crippen LogP contribution in [-0.2, 0) is 4.74 Å². The molecule has 94 valence electrons. The van der Waals surface area contributed by atoms with E-state index in [1.807, 2.05) is 12.1 Å². The third kappa shape index (κ3) is 5.60. The lowest BCUT2D eigenvalue weighted by molar-refractivity contribution is 0.118. The maximum Gasteiger partial charge on any atom is 0.122 e. The maximum atomic E-state index is 5.51. The molecule has 5 heteroatoms. The van der Waals surface area contributed by atoms with Crippen molar-refractivity contribution >= 4 is 22.9 Å². The molecule has 0 saturated carbocycles. The first kappa shape index (κ1) is 13.9. The Morgan fingerprint density at radius 2 is 2.35 bits per heavy atom. The number of nitrogens with one attached hydrogen (secondary N) is 1. The summed E-state index contributed by atoms with van der Waals surface area (Å²) >= 11 is 4.87. The molecule has 3 N–H and O–H groups in total. The zero-order chi connectivity index (χ0) is 12.7. The van der Waals surface area contributed by atoms with Crippen LogP contribution in [-0.4, -0.2) is 29.7 Å². The Morgan fingerprint density at radius 1 is 1.59 bits per heavy atom. The molecule has 0 aliphatic rings. The summed E-state index contributed by atoms with van der Waals surface area (Å²) in [6, 6.07) is 3.72. The minimum absolute atomic E-state index is 0.310. The van der Waals surface area contributed by atoms with Crippen LogP contribution in [0, 0.1) is 5.92 Å². The Bertz CT molecular complexity index is 369. The monoisotopic (exact) mass is 253 g/mol. The van der Waals surface area contributed by atoms with E-state index in [9.17, 15) is 0 Å². The van der Waals surface area contributed by atoms with Crippen LogP contribution in [0.15, 0.2) is 18.3 Å². The molecule has 1 aromatic heterocycles. The third-order valence-corrected chi connectivity index (χ3v) is 2.25. The van der Waals surface area contributed by atoms with Gasteiger partial charge in [0.25, 0.3) is 0 Å². The van der Waals surface area contributed by atoms with Gasteiger partial charge in [-0.2, -0.15) is 0 Å². The van der Waals surface area contributed by atoms with Crippen LogP contribution >= 0.6 is 12.2 Å². The van der Waals surface area contributed by atoms with Crippen LogP contribution in [0.25, 0.3) is 0 Å². The van der Waals surface area contributed by atoms with Gasteiger partial charge in [-0.1, -0.05) is 26.1 Å². The van der Waals surface area contributed by atoms with E-state index in [0.717, 1.165) is 18.8 Å². The summed E-state index contributed by atoms with van der Waals surface area (Å²) < 4.78 is 5.47. The average molecular weight is 253 g/mol. The highest BCUT2D eigenvalue weighted by Crippen LogP contribution is 2.07. The summed E-state index contributed by atoms with van der Waals surface area (Å²) in [6.07, 6.45) is 1.69. The molecule has 0 radical (unpaired) electrons. The molecule has 1 rings (SSSR count). The van der Waals surface area contributed by atoms with E-state index in [0.29, 0.717) is 23.2 Å². The number of hydrogen-bond donors (Lipinski definition) is 2. The van der Waals surface area contributed by atoms with Gasteiger partial charge < -0.3 is 15.8 Å². The van der Waals surface area contributed by atoms with Gasteiger partial charge in [0, 0.05) is 25.0 Å². The van der Waals surface area contributed by atoms with E-state index in [2.05, 4.69) is 24.1 Å². The number of pyridine rings is 1. The fourth-order valence-corrected chi connectivity index (χ4v) is 1.37. The van der Waals surface area contributed by atoms with Crippen molar-refractivity contribution in [3.8, 4) is 0 Å². The normalized spacial score (nSPS) is 10.5. The molecule has 0 unspecified atom stereocenters. The predicted octanol–water partition coefficient (Wildman–Crippen LogP) is 1.80. The Kier molecular flexibility index (Phi) is 5.86. The lowest BCUT2D eigenvalue weighted by Crippen LogP contribution is -2.14. The molecule has 0 fully saturated rings. The van der Waals surface area contributed by atoms with Gasteiger partial charge >= 0.3 is 0 Å². The van der Waals surface area contributed by atoms with Gasteiger partial charge in [-0.05, 0) is 18.1 Å². The Hall–Kier alpha value is -1.20. The fraction of sp³-hybridized carbons (Fsp3) is 0.500. The molecule has 17 heavy (non-hydrogen) atoms. The van der Waals surface area contributed by atoms with E-state index in [-0.39, 0.29) is 0 Å². The van der Waals surface area contributed by atoms with Crippen molar-refractivity contribution in [2.24, 2.45) is 11.7 Å². The zero-order valence-electron chi connectivity index (χ0n) is 10.3. The molecule has 0 amide bonds. The minimum atomic E-state index is 0.310. The van der Waals surface area contributed by atoms with Gasteiger partial charge in [-0.15, -0.1) is 0 Å². The first-order valence-corrected chi connectivity index (χ1v) is 6.08. The number of nitrogens with two attached hydrogens (primary N) is 1. The van der Waals surface area contributed by atoms with Crippen LogP contribution in [0.5, 0.6) is 0 Å². The van der Waals surface area contributed by atoms with Crippen LogP contribution < -0.4 is 11.1 Å². The lowest BCUT2D eigenvalue weighted by Gasteiger charge is -2.09. The van der Waals surface area contributed by atoms with E-state index in [1.165, 1.54) is 0 Å².